The van der Waals surface area contributed by atoms with E-state index in [4.69, 9.17) is 16.3 Å². The number of nitrogens with zero attached hydrogens (tertiary/aromatic N) is 2. The van der Waals surface area contributed by atoms with Crippen LogP contribution in [0.3, 0.4) is 0 Å². The lowest BCUT2D eigenvalue weighted by molar-refractivity contribution is -0.385. The number of benzene rings is 1. The lowest BCUT2D eigenvalue weighted by atomic mass is 10.1. The molecule has 1 N–H and O–H groups in total. The molecule has 0 aliphatic carbocycles. The maximum absolute atomic E-state index is 12.3. The molecule has 1 heterocycles. The zero-order chi connectivity index (χ0) is 16.8. The van der Waals surface area contributed by atoms with Crippen molar-refractivity contribution in [1.29, 1.82) is 0 Å². The highest BCUT2D eigenvalue weighted by Crippen LogP contribution is 2.23. The Labute approximate surface area is 139 Å². The summed E-state index contributed by atoms with van der Waals surface area (Å²) in [5.41, 5.74) is -0.251. The van der Waals surface area contributed by atoms with Crippen molar-refractivity contribution in [3.8, 4) is 0 Å². The molecule has 0 spiro atoms. The second-order valence-corrected chi connectivity index (χ2v) is 5.89. The van der Waals surface area contributed by atoms with E-state index < -0.39 is 10.8 Å². The number of methoxy groups -OCH3 is 1. The molecule has 23 heavy (non-hydrogen) atoms. The first kappa shape index (κ1) is 17.7. The van der Waals surface area contributed by atoms with E-state index in [1.807, 2.05) is 0 Å². The number of hydrogen-bond donors (Lipinski definition) is 1. The van der Waals surface area contributed by atoms with Gasteiger partial charge in [-0.3, -0.25) is 19.8 Å². The molecule has 126 valence electrons. The van der Waals surface area contributed by atoms with Crippen LogP contribution in [0.5, 0.6) is 0 Å². The van der Waals surface area contributed by atoms with Crippen molar-refractivity contribution in [2.45, 2.75) is 18.9 Å². The third-order valence-electron chi connectivity index (χ3n) is 3.98. The van der Waals surface area contributed by atoms with E-state index >= 15 is 0 Å². The Hall–Kier alpha value is -1.70. The highest BCUT2D eigenvalue weighted by Gasteiger charge is 2.26. The average molecular weight is 342 g/mol. The van der Waals surface area contributed by atoms with E-state index in [-0.39, 0.29) is 22.3 Å². The van der Waals surface area contributed by atoms with E-state index in [1.54, 1.807) is 7.11 Å². The van der Waals surface area contributed by atoms with Crippen molar-refractivity contribution in [3.63, 3.8) is 0 Å². The number of nitro groups is 1. The smallest absolute Gasteiger partial charge is 0.283 e. The number of halogens is 1. The molecule has 0 radical (unpaired) electrons. The predicted octanol–water partition coefficient (Wildman–Crippen LogP) is 2.09. The van der Waals surface area contributed by atoms with Crippen LogP contribution in [-0.2, 0) is 4.74 Å². The zero-order valence-electron chi connectivity index (χ0n) is 13.0. The Morgan fingerprint density at radius 1 is 1.57 bits per heavy atom. The monoisotopic (exact) mass is 341 g/mol. The van der Waals surface area contributed by atoms with Crippen LogP contribution in [0.15, 0.2) is 18.2 Å². The molecule has 2 rings (SSSR count). The molecule has 8 heteroatoms. The van der Waals surface area contributed by atoms with Crippen LogP contribution in [0.25, 0.3) is 0 Å². The first-order valence-electron chi connectivity index (χ1n) is 7.48. The van der Waals surface area contributed by atoms with Crippen molar-refractivity contribution in [2.75, 3.05) is 33.4 Å². The molecule has 1 atom stereocenters. The number of hydrogen-bond acceptors (Lipinski definition) is 5. The Morgan fingerprint density at radius 3 is 3.04 bits per heavy atom. The third-order valence-corrected chi connectivity index (χ3v) is 4.22. The van der Waals surface area contributed by atoms with E-state index in [9.17, 15) is 14.9 Å². The van der Waals surface area contributed by atoms with E-state index in [1.165, 1.54) is 18.2 Å². The van der Waals surface area contributed by atoms with Gasteiger partial charge in [0.1, 0.15) is 5.56 Å². The number of nitro benzene ring substituents is 1. The van der Waals surface area contributed by atoms with Crippen LogP contribution in [0.4, 0.5) is 5.69 Å². The molecule has 1 aromatic carbocycles. The largest absolute Gasteiger partial charge is 0.383 e. The van der Waals surface area contributed by atoms with Crippen LogP contribution < -0.4 is 5.32 Å². The Bertz CT molecular complexity index is 582. The summed E-state index contributed by atoms with van der Waals surface area (Å²) in [5, 5.41) is 14.1. The second-order valence-electron chi connectivity index (χ2n) is 5.45. The van der Waals surface area contributed by atoms with Crippen molar-refractivity contribution >= 4 is 23.2 Å². The summed E-state index contributed by atoms with van der Waals surface area (Å²) in [6.45, 7) is 2.90. The fraction of sp³-hybridized carbons (Fsp3) is 0.533. The van der Waals surface area contributed by atoms with Crippen LogP contribution >= 0.6 is 11.6 Å². The fourth-order valence-corrected chi connectivity index (χ4v) is 2.95. The van der Waals surface area contributed by atoms with Gasteiger partial charge in [0.05, 0.1) is 11.5 Å². The maximum Gasteiger partial charge on any atom is 0.283 e. The van der Waals surface area contributed by atoms with Crippen LogP contribution in [-0.4, -0.2) is 55.1 Å². The van der Waals surface area contributed by atoms with Gasteiger partial charge in [-0.15, -0.1) is 0 Å². The molecule has 7 nitrogen and oxygen atoms in total. The summed E-state index contributed by atoms with van der Waals surface area (Å²) in [7, 11) is 1.66. The minimum absolute atomic E-state index is 0.0286. The summed E-state index contributed by atoms with van der Waals surface area (Å²) < 4.78 is 5.08. The number of amides is 1. The van der Waals surface area contributed by atoms with Gasteiger partial charge in [-0.1, -0.05) is 11.6 Å². The molecule has 1 aliphatic rings. The van der Waals surface area contributed by atoms with Crippen molar-refractivity contribution in [2.24, 2.45) is 0 Å². The number of ether oxygens (including phenoxy) is 1. The van der Waals surface area contributed by atoms with Gasteiger partial charge in [0.15, 0.2) is 0 Å². The molecule has 1 aliphatic heterocycles. The minimum atomic E-state index is -0.596. The lowest BCUT2D eigenvalue weighted by Crippen LogP contribution is -2.41. The average Bonchev–Trinajstić information content (AvgIpc) is 2.97. The normalized spacial score (nSPS) is 18.1. The molecule has 1 amide bonds. The number of carbonyl (C=O) groups is 1. The summed E-state index contributed by atoms with van der Waals surface area (Å²) in [6, 6.07) is 4.29. The highest BCUT2D eigenvalue weighted by molar-refractivity contribution is 6.31. The molecule has 1 aromatic rings. The van der Waals surface area contributed by atoms with Gasteiger partial charge in [0, 0.05) is 37.3 Å². The Balaban J connectivity index is 1.98. The van der Waals surface area contributed by atoms with E-state index in [2.05, 4.69) is 10.2 Å². The summed E-state index contributed by atoms with van der Waals surface area (Å²) in [4.78, 5) is 25.0. The van der Waals surface area contributed by atoms with E-state index in [0.717, 1.165) is 25.9 Å². The van der Waals surface area contributed by atoms with Gasteiger partial charge in [-0.2, -0.15) is 0 Å². The van der Waals surface area contributed by atoms with Crippen molar-refractivity contribution in [1.82, 2.24) is 10.2 Å². The molecule has 0 bridgehead atoms. The van der Waals surface area contributed by atoms with Gasteiger partial charge < -0.3 is 10.1 Å². The van der Waals surface area contributed by atoms with Crippen molar-refractivity contribution < 1.29 is 14.5 Å². The zero-order valence-corrected chi connectivity index (χ0v) is 13.7. The molecule has 1 saturated heterocycles. The topological polar surface area (TPSA) is 84.7 Å². The first-order chi connectivity index (χ1) is 11.0. The quantitative estimate of drug-likeness (QED) is 0.606. The van der Waals surface area contributed by atoms with Crippen LogP contribution in [0.2, 0.25) is 5.02 Å². The van der Waals surface area contributed by atoms with Gasteiger partial charge in [-0.25, -0.2) is 0 Å². The fourth-order valence-electron chi connectivity index (χ4n) is 2.78. The SMILES string of the molecule is COCCN1CCC[C@H]1CNC(=O)c1ccc(Cl)cc1[N+](=O)[O-]. The van der Waals surface area contributed by atoms with E-state index in [0.29, 0.717) is 13.2 Å². The Kier molecular flexibility index (Phi) is 6.32. The molecular weight excluding hydrogens is 322 g/mol. The molecular formula is C15H20ClN3O4. The first-order valence-corrected chi connectivity index (χ1v) is 7.86. The number of carbonyl (C=O) groups excluding carboxylic acids is 1. The third kappa shape index (κ3) is 4.63. The molecule has 0 saturated carbocycles. The number of nitrogens with one attached hydrogen (secondary N) is 1. The molecule has 0 aromatic heterocycles. The number of rotatable bonds is 7. The van der Waals surface area contributed by atoms with Crippen LogP contribution in [0, 0.1) is 10.1 Å². The Morgan fingerprint density at radius 2 is 2.35 bits per heavy atom. The lowest BCUT2D eigenvalue weighted by Gasteiger charge is -2.24. The molecule has 0 unspecified atom stereocenters. The van der Waals surface area contributed by atoms with Crippen molar-refractivity contribution in [3.05, 3.63) is 38.9 Å². The summed E-state index contributed by atoms with van der Waals surface area (Å²) >= 11 is 5.76. The summed E-state index contributed by atoms with van der Waals surface area (Å²) in [5.74, 6) is -0.452. The standard InChI is InChI=1S/C15H20ClN3O4/c1-23-8-7-18-6-2-3-12(18)10-17-15(20)13-5-4-11(16)9-14(13)19(21)22/h4-5,9,12H,2-3,6-8,10H2,1H3,(H,17,20)/t12-/m0/s1. The summed E-state index contributed by atoms with van der Waals surface area (Å²) in [6.07, 6.45) is 2.07. The van der Waals surface area contributed by atoms with Gasteiger partial charge in [0.25, 0.3) is 11.6 Å². The number of likely N-dealkylation sites (tertiary alicyclic amines) is 1. The van der Waals surface area contributed by atoms with Gasteiger partial charge in [-0.05, 0) is 31.5 Å². The minimum Gasteiger partial charge on any atom is -0.383 e. The van der Waals surface area contributed by atoms with Crippen LogP contribution in [0.1, 0.15) is 23.2 Å². The predicted molar refractivity (Wildman–Crippen MR) is 86.9 cm³/mol. The van der Waals surface area contributed by atoms with Gasteiger partial charge in [0.2, 0.25) is 0 Å². The second kappa shape index (κ2) is 8.24. The highest BCUT2D eigenvalue weighted by atomic mass is 35.5. The molecule has 1 fully saturated rings. The van der Waals surface area contributed by atoms with Gasteiger partial charge >= 0.3 is 0 Å². The maximum atomic E-state index is 12.3.